The molecule has 10 heteroatoms. The van der Waals surface area contributed by atoms with Crippen LogP contribution in [0.2, 0.25) is 5.02 Å². The van der Waals surface area contributed by atoms with Gasteiger partial charge >= 0.3 is 12.0 Å². The Morgan fingerprint density at radius 2 is 2.06 bits per heavy atom. The number of amides is 2. The third-order valence-corrected chi connectivity index (χ3v) is 5.89. The van der Waals surface area contributed by atoms with Gasteiger partial charge < -0.3 is 25.8 Å². The van der Waals surface area contributed by atoms with E-state index in [1.165, 1.54) is 6.21 Å². The summed E-state index contributed by atoms with van der Waals surface area (Å²) in [5, 5.41) is 22.2. The maximum atomic E-state index is 12.1. The van der Waals surface area contributed by atoms with Gasteiger partial charge in [0.25, 0.3) is 0 Å². The van der Waals surface area contributed by atoms with Crippen molar-refractivity contribution in [2.75, 3.05) is 6.54 Å². The molecule has 0 spiro atoms. The van der Waals surface area contributed by atoms with Crippen LogP contribution >= 0.6 is 11.6 Å². The third-order valence-electron chi connectivity index (χ3n) is 5.64. The number of aliphatic imine (C=N–C) groups is 1. The molecule has 1 aliphatic heterocycles. The minimum Gasteiger partial charge on any atom is -0.493 e. The molecule has 1 aromatic rings. The van der Waals surface area contributed by atoms with E-state index in [2.05, 4.69) is 39.3 Å². The van der Waals surface area contributed by atoms with E-state index in [-0.39, 0.29) is 18.1 Å². The number of rotatable bonds is 10. The Balaban J connectivity index is 1.59. The quantitative estimate of drug-likeness (QED) is 0.321. The van der Waals surface area contributed by atoms with Gasteiger partial charge in [0.05, 0.1) is 12.1 Å². The number of benzene rings is 1. The largest absolute Gasteiger partial charge is 0.493 e. The van der Waals surface area contributed by atoms with Crippen LogP contribution in [0, 0.1) is 11.8 Å². The lowest BCUT2D eigenvalue weighted by atomic mass is 9.91. The van der Waals surface area contributed by atoms with E-state index in [4.69, 9.17) is 16.3 Å². The molecule has 1 heterocycles. The molecule has 4 atom stereocenters. The van der Waals surface area contributed by atoms with Crippen molar-refractivity contribution in [3.05, 3.63) is 58.6 Å². The van der Waals surface area contributed by atoms with Crippen molar-refractivity contribution < 1.29 is 19.4 Å². The van der Waals surface area contributed by atoms with Gasteiger partial charge in [-0.2, -0.15) is 0 Å². The number of ether oxygens (including phenoxy) is 1. The van der Waals surface area contributed by atoms with Crippen LogP contribution < -0.4 is 21.3 Å². The van der Waals surface area contributed by atoms with Crippen molar-refractivity contribution in [3.63, 3.8) is 0 Å². The number of hydrogen-bond donors (Lipinski definition) is 5. The van der Waals surface area contributed by atoms with E-state index in [0.717, 1.165) is 24.1 Å². The molecule has 3 rings (SSSR count). The summed E-state index contributed by atoms with van der Waals surface area (Å²) in [6.07, 6.45) is 6.35. The molecule has 9 nitrogen and oxygen atoms in total. The summed E-state index contributed by atoms with van der Waals surface area (Å²) in [5.74, 6) is -0.873. The van der Waals surface area contributed by atoms with Gasteiger partial charge in [-0.15, -0.1) is 0 Å². The number of allylic oxidation sites excluding steroid dienone is 2. The molecule has 0 fully saturated rings. The first-order chi connectivity index (χ1) is 16.3. The Morgan fingerprint density at radius 1 is 1.29 bits per heavy atom. The molecule has 0 bridgehead atoms. The normalized spacial score (nSPS) is 22.7. The third kappa shape index (κ3) is 7.78. The number of aliphatic carboxylic acids is 1. The van der Waals surface area contributed by atoms with E-state index in [1.807, 2.05) is 31.2 Å². The van der Waals surface area contributed by atoms with Gasteiger partial charge in [0.15, 0.2) is 6.29 Å². The van der Waals surface area contributed by atoms with Gasteiger partial charge in [0.2, 0.25) is 0 Å². The zero-order chi connectivity index (χ0) is 24.5. The van der Waals surface area contributed by atoms with Crippen molar-refractivity contribution in [3.8, 4) is 0 Å². The molecule has 34 heavy (non-hydrogen) atoms. The van der Waals surface area contributed by atoms with Crippen molar-refractivity contribution in [1.29, 1.82) is 0 Å². The summed E-state index contributed by atoms with van der Waals surface area (Å²) in [6, 6.07) is 7.25. The highest BCUT2D eigenvalue weighted by Crippen LogP contribution is 2.29. The highest BCUT2D eigenvalue weighted by Gasteiger charge is 2.27. The average Bonchev–Trinajstić information content (AvgIpc) is 2.80. The second-order valence-corrected chi connectivity index (χ2v) is 8.81. The van der Waals surface area contributed by atoms with E-state index in [0.29, 0.717) is 30.3 Å². The SMILES string of the molecule is CCNC(=O)NC(NCc1ccc(Cl)cc1)NC1=CC(C)C(OC2=CN=CC(C(=O)O)C2)CC1. The second-order valence-electron chi connectivity index (χ2n) is 8.38. The Morgan fingerprint density at radius 3 is 2.74 bits per heavy atom. The molecule has 0 saturated carbocycles. The first kappa shape index (κ1) is 25.6. The van der Waals surface area contributed by atoms with E-state index in [1.54, 1.807) is 6.20 Å². The number of carboxylic acid groups (broad SMARTS) is 1. The highest BCUT2D eigenvalue weighted by molar-refractivity contribution is 6.30. The number of halogens is 1. The Labute approximate surface area is 204 Å². The fourth-order valence-corrected chi connectivity index (χ4v) is 3.95. The number of nitrogens with zero attached hydrogens (tertiary/aromatic N) is 1. The van der Waals surface area contributed by atoms with Gasteiger partial charge in [-0.3, -0.25) is 15.1 Å². The molecule has 1 aromatic carbocycles. The summed E-state index contributed by atoms with van der Waals surface area (Å²) in [7, 11) is 0. The number of urea groups is 1. The van der Waals surface area contributed by atoms with Crippen molar-refractivity contribution in [1.82, 2.24) is 21.3 Å². The summed E-state index contributed by atoms with van der Waals surface area (Å²) < 4.78 is 6.10. The van der Waals surface area contributed by atoms with E-state index >= 15 is 0 Å². The minimum atomic E-state index is -0.905. The van der Waals surface area contributed by atoms with Crippen molar-refractivity contribution >= 4 is 29.8 Å². The van der Waals surface area contributed by atoms with Gasteiger partial charge in [-0.25, -0.2) is 4.79 Å². The van der Waals surface area contributed by atoms with Crippen LogP contribution in [0.25, 0.3) is 0 Å². The van der Waals surface area contributed by atoms with E-state index in [9.17, 15) is 14.7 Å². The predicted molar refractivity (Wildman–Crippen MR) is 131 cm³/mol. The summed E-state index contributed by atoms with van der Waals surface area (Å²) in [4.78, 5) is 27.4. The fraction of sp³-hybridized carbons (Fsp3) is 0.458. The maximum absolute atomic E-state index is 12.1. The molecule has 184 valence electrons. The maximum Gasteiger partial charge on any atom is 0.317 e. The topological polar surface area (TPSA) is 124 Å². The molecule has 0 aromatic heterocycles. The van der Waals surface area contributed by atoms with Crippen LogP contribution in [0.3, 0.4) is 0 Å². The highest BCUT2D eigenvalue weighted by atomic mass is 35.5. The fourth-order valence-electron chi connectivity index (χ4n) is 3.82. The van der Waals surface area contributed by atoms with Gasteiger partial charge in [0.1, 0.15) is 11.9 Å². The second kappa shape index (κ2) is 12.4. The molecule has 2 aliphatic rings. The molecular formula is C24H32ClN5O4. The average molecular weight is 490 g/mol. The zero-order valence-corrected chi connectivity index (χ0v) is 20.1. The van der Waals surface area contributed by atoms with E-state index < -0.39 is 18.2 Å². The zero-order valence-electron chi connectivity index (χ0n) is 19.4. The van der Waals surface area contributed by atoms with Gasteiger partial charge in [-0.05, 0) is 37.5 Å². The lowest BCUT2D eigenvalue weighted by Gasteiger charge is -2.32. The van der Waals surface area contributed by atoms with Crippen LogP contribution in [0.15, 0.2) is 53.0 Å². The molecule has 5 N–H and O–H groups in total. The Hall–Kier alpha value is -3.04. The molecule has 2 amide bonds. The van der Waals surface area contributed by atoms with Crippen molar-refractivity contribution in [2.24, 2.45) is 16.8 Å². The van der Waals surface area contributed by atoms with Crippen LogP contribution in [0.1, 0.15) is 38.7 Å². The summed E-state index contributed by atoms with van der Waals surface area (Å²) >= 11 is 5.96. The van der Waals surface area contributed by atoms with Crippen LogP contribution in [0.5, 0.6) is 0 Å². The Bertz CT molecular complexity index is 947. The molecule has 0 saturated heterocycles. The number of nitrogens with one attached hydrogen (secondary N) is 4. The predicted octanol–water partition coefficient (Wildman–Crippen LogP) is 3.34. The number of hydrogen-bond acceptors (Lipinski definition) is 6. The first-order valence-electron chi connectivity index (χ1n) is 11.4. The molecule has 0 radical (unpaired) electrons. The lowest BCUT2D eigenvalue weighted by Crippen LogP contribution is -2.56. The van der Waals surface area contributed by atoms with Crippen LogP contribution in [0.4, 0.5) is 4.79 Å². The minimum absolute atomic E-state index is 0.0728. The van der Waals surface area contributed by atoms with Gasteiger partial charge in [-0.1, -0.05) is 36.7 Å². The van der Waals surface area contributed by atoms with Crippen LogP contribution in [-0.4, -0.2) is 42.3 Å². The summed E-state index contributed by atoms with van der Waals surface area (Å²) in [6.45, 7) is 4.98. The molecule has 4 unspecified atom stereocenters. The lowest BCUT2D eigenvalue weighted by molar-refractivity contribution is -0.139. The number of carboxylic acids is 1. The van der Waals surface area contributed by atoms with Gasteiger partial charge in [0, 0.05) is 42.4 Å². The van der Waals surface area contributed by atoms with Crippen LogP contribution in [-0.2, 0) is 16.1 Å². The first-order valence-corrected chi connectivity index (χ1v) is 11.8. The number of carbonyl (C=O) groups is 2. The molecule has 1 aliphatic carbocycles. The molecular weight excluding hydrogens is 458 g/mol. The monoisotopic (exact) mass is 489 g/mol. The Kier molecular flexibility index (Phi) is 9.35. The summed E-state index contributed by atoms with van der Waals surface area (Å²) in [5.41, 5.74) is 2.04. The smallest absolute Gasteiger partial charge is 0.317 e. The van der Waals surface area contributed by atoms with Crippen molar-refractivity contribution in [2.45, 2.75) is 52.0 Å². The number of carbonyl (C=O) groups excluding carboxylic acids is 1. The standard InChI is InChI=1S/C24H32ClN5O4/c1-3-27-24(33)30-23(28-12-16-4-6-18(25)7-5-16)29-19-8-9-21(15(2)10-19)34-20-11-17(22(31)32)13-26-14-20/h4-7,10,13-15,17,21,23,28-29H,3,8-9,11-12H2,1-2H3,(H,31,32)(H2,27,30,33).